The van der Waals surface area contributed by atoms with Gasteiger partial charge in [0, 0.05) is 0 Å². The Morgan fingerprint density at radius 2 is 0.875 bits per heavy atom. The first-order chi connectivity index (χ1) is 13.4. The number of rotatable bonds is 9. The first-order valence-corrected chi connectivity index (χ1v) is 7.81. The number of ether oxygens (including phenoxy) is 1. The molecule has 0 bridgehead atoms. The molecule has 0 N–H and O–H groups in total. The first kappa shape index (κ1) is 30.6. The number of alkyl halides is 18. The molecule has 0 saturated heterocycles. The minimum Gasteiger partial charge on any atom is -0.257 e. The summed E-state index contributed by atoms with van der Waals surface area (Å²) in [6.45, 7) is -3.94. The van der Waals surface area contributed by atoms with Crippen LogP contribution in [-0.2, 0) is 19.0 Å². The van der Waals surface area contributed by atoms with Gasteiger partial charge in [-0.25, -0.2) is 4.74 Å². The molecule has 0 atom stereocenters. The fourth-order valence-corrected chi connectivity index (χ4v) is 1.61. The highest BCUT2D eigenvalue weighted by Crippen LogP contribution is 2.57. The fraction of sp³-hybridized carbons (Fsp3) is 1.00. The summed E-state index contributed by atoms with van der Waals surface area (Å²) in [4.78, 5) is 0. The summed E-state index contributed by atoms with van der Waals surface area (Å²) in [7, 11) is -7.22. The second-order valence-electron chi connectivity index (χ2n) is 5.22. The molecule has 0 fully saturated rings. The maximum Gasteiger partial charge on any atom is 0.523 e. The number of halogens is 18. The van der Waals surface area contributed by atoms with E-state index in [4.69, 9.17) is 0 Å². The van der Waals surface area contributed by atoms with Crippen LogP contribution < -0.4 is 0 Å². The van der Waals surface area contributed by atoms with Crippen molar-refractivity contribution < 1.29 is 96.4 Å². The third-order valence-corrected chi connectivity index (χ3v) is 3.87. The predicted octanol–water partition coefficient (Wildman–Crippen LogP) is 5.16. The molecule has 32 heavy (non-hydrogen) atoms. The minimum atomic E-state index is -8.15. The SMILES string of the molecule is O=S(=O)(OCC(F)(F)C(F)(F)C(F)(F)OC(F)(F)C(F)(F)C(F)(F)C(F)(F)F)C(F)(F)F. The maximum atomic E-state index is 13.1. The molecule has 0 aromatic rings. The summed E-state index contributed by atoms with van der Waals surface area (Å²) in [5.74, 6) is -30.9. The van der Waals surface area contributed by atoms with Crippen LogP contribution in [0.3, 0.4) is 0 Å². The zero-order valence-corrected chi connectivity index (χ0v) is 14.4. The van der Waals surface area contributed by atoms with Crippen LogP contribution in [0, 0.1) is 0 Å². The van der Waals surface area contributed by atoms with E-state index in [0.717, 1.165) is 0 Å². The molecule has 4 nitrogen and oxygen atoms in total. The molecule has 0 spiro atoms. The van der Waals surface area contributed by atoms with Gasteiger partial charge in [0.15, 0.2) is 0 Å². The zero-order chi connectivity index (χ0) is 26.6. The molecule has 0 rings (SSSR count). The van der Waals surface area contributed by atoms with Gasteiger partial charge in [-0.05, 0) is 0 Å². The topological polar surface area (TPSA) is 52.6 Å². The molecule has 0 aliphatic carbocycles. The molecule has 0 radical (unpaired) electrons. The summed E-state index contributed by atoms with van der Waals surface area (Å²) in [6, 6.07) is 0. The highest BCUT2D eigenvalue weighted by atomic mass is 32.2. The smallest absolute Gasteiger partial charge is 0.257 e. The largest absolute Gasteiger partial charge is 0.523 e. The van der Waals surface area contributed by atoms with Crippen molar-refractivity contribution in [2.45, 2.75) is 47.6 Å². The number of hydrogen-bond acceptors (Lipinski definition) is 4. The van der Waals surface area contributed by atoms with E-state index >= 15 is 0 Å². The fourth-order valence-electron chi connectivity index (χ4n) is 1.17. The van der Waals surface area contributed by atoms with Crippen LogP contribution in [0.2, 0.25) is 0 Å². The zero-order valence-electron chi connectivity index (χ0n) is 13.6. The molecule has 0 heterocycles. The van der Waals surface area contributed by atoms with Gasteiger partial charge in [0.25, 0.3) is 0 Å². The van der Waals surface area contributed by atoms with Gasteiger partial charge in [0.05, 0.1) is 0 Å². The summed E-state index contributed by atoms with van der Waals surface area (Å²) < 4.78 is 250. The second kappa shape index (κ2) is 7.84. The summed E-state index contributed by atoms with van der Waals surface area (Å²) in [6.07, 6.45) is -23.5. The Kier molecular flexibility index (Phi) is 7.50. The summed E-state index contributed by atoms with van der Waals surface area (Å²) in [5.41, 5.74) is -6.63. The van der Waals surface area contributed by atoms with E-state index in [1.807, 2.05) is 0 Å². The molecular formula is C9H2F18O4S. The predicted molar refractivity (Wildman–Crippen MR) is 57.7 cm³/mol. The molecule has 0 saturated carbocycles. The van der Waals surface area contributed by atoms with Crippen LogP contribution in [-0.4, -0.2) is 62.6 Å². The van der Waals surface area contributed by atoms with Crippen molar-refractivity contribution >= 4 is 10.1 Å². The maximum absolute atomic E-state index is 13.1. The van der Waals surface area contributed by atoms with Gasteiger partial charge in [-0.1, -0.05) is 0 Å². The molecule has 0 unspecified atom stereocenters. The molecule has 0 aliphatic heterocycles. The first-order valence-electron chi connectivity index (χ1n) is 6.41. The van der Waals surface area contributed by atoms with Gasteiger partial charge in [0.2, 0.25) is 0 Å². The van der Waals surface area contributed by atoms with Crippen molar-refractivity contribution in [3.8, 4) is 0 Å². The van der Waals surface area contributed by atoms with E-state index in [0.29, 0.717) is 0 Å². The van der Waals surface area contributed by atoms with Crippen LogP contribution in [0.1, 0.15) is 0 Å². The minimum absolute atomic E-state index is 1.17. The van der Waals surface area contributed by atoms with Gasteiger partial charge in [-0.2, -0.15) is 87.4 Å². The van der Waals surface area contributed by atoms with Crippen molar-refractivity contribution in [3.05, 3.63) is 0 Å². The highest BCUT2D eigenvalue weighted by Gasteiger charge is 2.86. The van der Waals surface area contributed by atoms with Crippen LogP contribution in [0.25, 0.3) is 0 Å². The average molecular weight is 548 g/mol. The lowest BCUT2D eigenvalue weighted by molar-refractivity contribution is -0.513. The Labute approximate surface area is 162 Å². The van der Waals surface area contributed by atoms with Crippen molar-refractivity contribution in [2.75, 3.05) is 6.61 Å². The monoisotopic (exact) mass is 548 g/mol. The van der Waals surface area contributed by atoms with Crippen LogP contribution in [0.4, 0.5) is 79.0 Å². The van der Waals surface area contributed by atoms with Gasteiger partial charge >= 0.3 is 57.7 Å². The molecule has 0 aromatic carbocycles. The standard InChI is InChI=1S/C9H2F18O4S/c10-2(11,1-30-32(28,29)9(25,26)27)3(12,13)7(21,22)31-8(23,24)5(16,17)4(14,15)6(18,19)20/h1H2. The second-order valence-corrected chi connectivity index (χ2v) is 6.83. The van der Waals surface area contributed by atoms with Crippen molar-refractivity contribution in [2.24, 2.45) is 0 Å². The summed E-state index contributed by atoms with van der Waals surface area (Å²) >= 11 is 0. The van der Waals surface area contributed by atoms with E-state index < -0.39 is 64.3 Å². The van der Waals surface area contributed by atoms with Crippen LogP contribution >= 0.6 is 0 Å². The van der Waals surface area contributed by atoms with Gasteiger partial charge in [-0.3, -0.25) is 4.18 Å². The van der Waals surface area contributed by atoms with E-state index in [1.54, 1.807) is 0 Å². The Hall–Kier alpha value is -1.39. The van der Waals surface area contributed by atoms with Crippen LogP contribution in [0.5, 0.6) is 0 Å². The van der Waals surface area contributed by atoms with E-state index in [9.17, 15) is 87.4 Å². The highest BCUT2D eigenvalue weighted by molar-refractivity contribution is 7.87. The van der Waals surface area contributed by atoms with Crippen LogP contribution in [0.15, 0.2) is 0 Å². The molecular weight excluding hydrogens is 546 g/mol. The quantitative estimate of drug-likeness (QED) is 0.227. The van der Waals surface area contributed by atoms with Gasteiger partial charge < -0.3 is 0 Å². The molecule has 0 aromatic heterocycles. The number of hydrogen-bond donors (Lipinski definition) is 0. The third-order valence-electron chi connectivity index (χ3n) is 2.88. The van der Waals surface area contributed by atoms with E-state index in [2.05, 4.69) is 4.18 Å². The Morgan fingerprint density at radius 3 is 1.19 bits per heavy atom. The van der Waals surface area contributed by atoms with E-state index in [-0.39, 0.29) is 0 Å². The van der Waals surface area contributed by atoms with Crippen molar-refractivity contribution in [1.82, 2.24) is 0 Å². The van der Waals surface area contributed by atoms with Gasteiger partial charge in [0.1, 0.15) is 6.61 Å². The Balaban J connectivity index is 6.08. The Bertz CT molecular complexity index is 777. The van der Waals surface area contributed by atoms with Crippen molar-refractivity contribution in [1.29, 1.82) is 0 Å². The van der Waals surface area contributed by atoms with Crippen molar-refractivity contribution in [3.63, 3.8) is 0 Å². The molecule has 23 heteroatoms. The molecule has 194 valence electrons. The lowest BCUT2D eigenvalue weighted by atomic mass is 10.1. The van der Waals surface area contributed by atoms with Gasteiger partial charge in [-0.15, -0.1) is 0 Å². The summed E-state index contributed by atoms with van der Waals surface area (Å²) in [5, 5.41) is 0. The Morgan fingerprint density at radius 1 is 0.531 bits per heavy atom. The lowest BCUT2D eigenvalue weighted by Gasteiger charge is -2.37. The lowest BCUT2D eigenvalue weighted by Crippen LogP contribution is -2.66. The average Bonchev–Trinajstić information content (AvgIpc) is 2.49. The molecule has 0 aliphatic rings. The normalized spacial score (nSPS) is 16.4. The molecule has 0 amide bonds. The third kappa shape index (κ3) is 5.07. The van der Waals surface area contributed by atoms with E-state index in [1.165, 1.54) is 4.74 Å².